The van der Waals surface area contributed by atoms with Crippen molar-refractivity contribution in [1.29, 1.82) is 0 Å². The third kappa shape index (κ3) is 3.26. The van der Waals surface area contributed by atoms with Gasteiger partial charge in [-0.2, -0.15) is 0 Å². The van der Waals surface area contributed by atoms with Crippen molar-refractivity contribution < 1.29 is 9.90 Å². The number of halogens is 1. The summed E-state index contributed by atoms with van der Waals surface area (Å²) in [5, 5.41) is 9.30. The van der Waals surface area contributed by atoms with Gasteiger partial charge in [-0.05, 0) is 30.4 Å². The Morgan fingerprint density at radius 2 is 2.13 bits per heavy atom. The van der Waals surface area contributed by atoms with Crippen LogP contribution >= 0.6 is 23.8 Å². The lowest BCUT2D eigenvalue weighted by Crippen LogP contribution is -2.44. The van der Waals surface area contributed by atoms with Crippen LogP contribution in [0.2, 0.25) is 5.02 Å². The molecule has 0 radical (unpaired) electrons. The number of hydrazine groups is 1. The number of benzene rings is 1. The highest BCUT2D eigenvalue weighted by atomic mass is 35.5. The molecule has 1 rings (SSSR count). The molecular weight excluding hydrogens is 238 g/mol. The van der Waals surface area contributed by atoms with E-state index in [0.29, 0.717) is 0 Å². The molecule has 0 saturated heterocycles. The zero-order valence-electron chi connectivity index (χ0n) is 7.45. The zero-order chi connectivity index (χ0) is 11.4. The number of carbonyl (C=O) groups excluding carboxylic acids is 1. The van der Waals surface area contributed by atoms with Gasteiger partial charge in [-0.1, -0.05) is 11.6 Å². The summed E-state index contributed by atoms with van der Waals surface area (Å²) < 4.78 is 0. The van der Waals surface area contributed by atoms with Gasteiger partial charge in [-0.3, -0.25) is 15.6 Å². The van der Waals surface area contributed by atoms with Gasteiger partial charge in [-0.25, -0.2) is 0 Å². The van der Waals surface area contributed by atoms with Gasteiger partial charge in [-0.15, -0.1) is 0 Å². The lowest BCUT2D eigenvalue weighted by molar-refractivity contribution is 0.0944. The summed E-state index contributed by atoms with van der Waals surface area (Å²) in [5.41, 5.74) is 9.71. The molecule has 1 aromatic rings. The van der Waals surface area contributed by atoms with Crippen molar-refractivity contribution in [3.63, 3.8) is 0 Å². The molecule has 0 aromatic heterocycles. The number of rotatable bonds is 1. The van der Waals surface area contributed by atoms with Crippen LogP contribution in [0.4, 0.5) is 0 Å². The number of hydrogen-bond acceptors (Lipinski definition) is 3. The topological polar surface area (TPSA) is 87.4 Å². The molecule has 0 bridgehead atoms. The monoisotopic (exact) mass is 245 g/mol. The van der Waals surface area contributed by atoms with Gasteiger partial charge >= 0.3 is 0 Å². The second kappa shape index (κ2) is 4.81. The minimum atomic E-state index is -0.538. The third-order valence-corrected chi connectivity index (χ3v) is 1.93. The third-order valence-electron chi connectivity index (χ3n) is 1.49. The van der Waals surface area contributed by atoms with Crippen molar-refractivity contribution in [3.8, 4) is 5.75 Å². The first-order chi connectivity index (χ1) is 7.00. The number of amides is 1. The maximum atomic E-state index is 11.4. The average Bonchev–Trinajstić information content (AvgIpc) is 2.18. The van der Waals surface area contributed by atoms with Gasteiger partial charge < -0.3 is 10.8 Å². The zero-order valence-corrected chi connectivity index (χ0v) is 9.02. The van der Waals surface area contributed by atoms with Crippen LogP contribution in [-0.4, -0.2) is 16.1 Å². The Morgan fingerprint density at radius 1 is 1.47 bits per heavy atom. The second-order valence-corrected chi connectivity index (χ2v) is 3.45. The van der Waals surface area contributed by atoms with E-state index in [2.05, 4.69) is 23.1 Å². The smallest absolute Gasteiger partial charge is 0.271 e. The van der Waals surface area contributed by atoms with Crippen LogP contribution < -0.4 is 16.6 Å². The molecule has 15 heavy (non-hydrogen) atoms. The largest absolute Gasteiger partial charge is 0.508 e. The summed E-state index contributed by atoms with van der Waals surface area (Å²) in [7, 11) is 0. The van der Waals surface area contributed by atoms with Crippen molar-refractivity contribution in [2.45, 2.75) is 0 Å². The minimum absolute atomic E-state index is 0.0557. The second-order valence-electron chi connectivity index (χ2n) is 2.61. The first kappa shape index (κ1) is 11.5. The number of thiocarbonyl (C=S) groups is 1. The van der Waals surface area contributed by atoms with Crippen LogP contribution in [0.25, 0.3) is 0 Å². The molecule has 80 valence electrons. The summed E-state index contributed by atoms with van der Waals surface area (Å²) in [6, 6.07) is 4.02. The minimum Gasteiger partial charge on any atom is -0.508 e. The van der Waals surface area contributed by atoms with Crippen molar-refractivity contribution >= 4 is 34.8 Å². The first-order valence-electron chi connectivity index (χ1n) is 3.85. The summed E-state index contributed by atoms with van der Waals surface area (Å²) in [6.45, 7) is 0. The van der Waals surface area contributed by atoms with Crippen molar-refractivity contribution in [1.82, 2.24) is 10.9 Å². The molecule has 0 unspecified atom stereocenters. The Bertz CT molecular complexity index is 411. The number of phenols is 1. The molecule has 7 heteroatoms. The van der Waals surface area contributed by atoms with E-state index in [-0.39, 0.29) is 21.4 Å². The van der Waals surface area contributed by atoms with Gasteiger partial charge in [0.15, 0.2) is 5.11 Å². The Balaban J connectivity index is 2.81. The van der Waals surface area contributed by atoms with Gasteiger partial charge in [0.1, 0.15) is 5.75 Å². The molecule has 0 aliphatic rings. The van der Waals surface area contributed by atoms with E-state index >= 15 is 0 Å². The SMILES string of the molecule is NC(=S)NNC(=O)c1cc(O)ccc1Cl. The van der Waals surface area contributed by atoms with E-state index in [1.54, 1.807) is 0 Å². The summed E-state index contributed by atoms with van der Waals surface area (Å²) >= 11 is 10.2. The van der Waals surface area contributed by atoms with E-state index in [4.69, 9.17) is 22.4 Å². The fraction of sp³-hybridized carbons (Fsp3) is 0. The maximum Gasteiger partial charge on any atom is 0.271 e. The van der Waals surface area contributed by atoms with Gasteiger partial charge in [0, 0.05) is 0 Å². The number of aromatic hydroxyl groups is 1. The van der Waals surface area contributed by atoms with E-state index < -0.39 is 5.91 Å². The highest BCUT2D eigenvalue weighted by molar-refractivity contribution is 7.80. The molecule has 0 heterocycles. The summed E-state index contributed by atoms with van der Waals surface area (Å²) in [4.78, 5) is 11.4. The number of phenolic OH excluding ortho intramolecular Hbond substituents is 1. The molecule has 0 aliphatic heterocycles. The molecule has 0 spiro atoms. The normalized spacial score (nSPS) is 9.40. The predicted octanol–water partition coefficient (Wildman–Crippen LogP) is 0.524. The number of nitrogens with one attached hydrogen (secondary N) is 2. The standard InChI is InChI=1S/C8H8ClN3O2S/c9-6-2-1-4(13)3-5(6)7(14)11-12-8(10)15/h1-3,13H,(H,11,14)(H3,10,12,15). The first-order valence-corrected chi connectivity index (χ1v) is 4.63. The van der Waals surface area contributed by atoms with Gasteiger partial charge in [0.05, 0.1) is 10.6 Å². The quantitative estimate of drug-likeness (QED) is 0.428. The number of hydrogen-bond donors (Lipinski definition) is 4. The Morgan fingerprint density at radius 3 is 2.73 bits per heavy atom. The lowest BCUT2D eigenvalue weighted by Gasteiger charge is -2.07. The average molecular weight is 246 g/mol. The fourth-order valence-corrected chi connectivity index (χ4v) is 1.13. The fourth-order valence-electron chi connectivity index (χ4n) is 0.873. The Hall–Kier alpha value is -1.53. The van der Waals surface area contributed by atoms with Crippen LogP contribution in [0.3, 0.4) is 0 Å². The molecule has 1 amide bonds. The predicted molar refractivity (Wildman–Crippen MR) is 60.5 cm³/mol. The summed E-state index contributed by atoms with van der Waals surface area (Å²) in [6.07, 6.45) is 0. The van der Waals surface area contributed by atoms with Crippen LogP contribution in [0, 0.1) is 0 Å². The molecule has 5 N–H and O–H groups in total. The van der Waals surface area contributed by atoms with E-state index in [0.717, 1.165) is 0 Å². The van der Waals surface area contributed by atoms with Gasteiger partial charge in [0.25, 0.3) is 5.91 Å². The Kier molecular flexibility index (Phi) is 3.70. The van der Waals surface area contributed by atoms with Crippen molar-refractivity contribution in [2.24, 2.45) is 5.73 Å². The van der Waals surface area contributed by atoms with Crippen LogP contribution in [0.15, 0.2) is 18.2 Å². The number of carbonyl (C=O) groups is 1. The van der Waals surface area contributed by atoms with Crippen molar-refractivity contribution in [2.75, 3.05) is 0 Å². The molecule has 0 atom stereocenters. The molecular formula is C8H8ClN3O2S. The van der Waals surface area contributed by atoms with E-state index in [1.807, 2.05) is 0 Å². The Labute approximate surface area is 96.2 Å². The van der Waals surface area contributed by atoms with Gasteiger partial charge in [0.2, 0.25) is 0 Å². The molecule has 5 nitrogen and oxygen atoms in total. The van der Waals surface area contributed by atoms with Crippen LogP contribution in [0.5, 0.6) is 5.75 Å². The lowest BCUT2D eigenvalue weighted by atomic mass is 10.2. The molecule has 0 aliphatic carbocycles. The van der Waals surface area contributed by atoms with E-state index in [9.17, 15) is 4.79 Å². The van der Waals surface area contributed by atoms with Crippen LogP contribution in [0.1, 0.15) is 10.4 Å². The van der Waals surface area contributed by atoms with Crippen LogP contribution in [-0.2, 0) is 0 Å². The maximum absolute atomic E-state index is 11.4. The molecule has 0 fully saturated rings. The van der Waals surface area contributed by atoms with Crippen molar-refractivity contribution in [3.05, 3.63) is 28.8 Å². The highest BCUT2D eigenvalue weighted by Crippen LogP contribution is 2.20. The molecule has 0 saturated carbocycles. The van der Waals surface area contributed by atoms with E-state index in [1.165, 1.54) is 18.2 Å². The molecule has 1 aromatic carbocycles. The number of nitrogens with two attached hydrogens (primary N) is 1. The highest BCUT2D eigenvalue weighted by Gasteiger charge is 2.10. The summed E-state index contributed by atoms with van der Waals surface area (Å²) in [5.74, 6) is -0.594.